The van der Waals surface area contributed by atoms with Crippen LogP contribution < -0.4 is 15.5 Å². The molecule has 2 atom stereocenters. The van der Waals surface area contributed by atoms with Crippen molar-refractivity contribution < 1.29 is 13.2 Å². The SMILES string of the molecule is FC(F)(F)c1ccccc1CNc1cc2c3c(c1)[C@H]1CNC[C@H]1CN3CC2. The van der Waals surface area contributed by atoms with Gasteiger partial charge in [-0.25, -0.2) is 0 Å². The average molecular weight is 373 g/mol. The van der Waals surface area contributed by atoms with Gasteiger partial charge >= 0.3 is 6.18 Å². The molecule has 3 aliphatic rings. The van der Waals surface area contributed by atoms with Gasteiger partial charge in [-0.3, -0.25) is 0 Å². The van der Waals surface area contributed by atoms with Crippen LogP contribution in [0.1, 0.15) is 28.2 Å². The molecule has 0 amide bonds. The van der Waals surface area contributed by atoms with Crippen LogP contribution in [0.2, 0.25) is 0 Å². The van der Waals surface area contributed by atoms with Crippen LogP contribution in [-0.4, -0.2) is 26.2 Å². The van der Waals surface area contributed by atoms with Gasteiger partial charge in [0.15, 0.2) is 0 Å². The minimum absolute atomic E-state index is 0.171. The van der Waals surface area contributed by atoms with Gasteiger partial charge < -0.3 is 15.5 Å². The molecule has 6 heteroatoms. The molecule has 0 saturated carbocycles. The molecule has 27 heavy (non-hydrogen) atoms. The van der Waals surface area contributed by atoms with Crippen molar-refractivity contribution in [2.45, 2.75) is 25.1 Å². The molecule has 3 heterocycles. The van der Waals surface area contributed by atoms with Crippen molar-refractivity contribution in [3.63, 3.8) is 0 Å². The Morgan fingerprint density at radius 3 is 2.85 bits per heavy atom. The second kappa shape index (κ2) is 6.16. The molecule has 1 saturated heterocycles. The Bertz CT molecular complexity index is 877. The van der Waals surface area contributed by atoms with Crippen LogP contribution in [0.25, 0.3) is 0 Å². The van der Waals surface area contributed by atoms with Gasteiger partial charge in [-0.15, -0.1) is 0 Å². The van der Waals surface area contributed by atoms with E-state index in [0.717, 1.165) is 44.4 Å². The molecule has 0 spiro atoms. The van der Waals surface area contributed by atoms with E-state index in [2.05, 4.69) is 27.7 Å². The molecule has 142 valence electrons. The van der Waals surface area contributed by atoms with Crippen molar-refractivity contribution in [3.8, 4) is 0 Å². The third-order valence-electron chi connectivity index (χ3n) is 6.19. The van der Waals surface area contributed by atoms with E-state index < -0.39 is 11.7 Å². The van der Waals surface area contributed by atoms with Gasteiger partial charge in [-0.2, -0.15) is 13.2 Å². The molecule has 3 nitrogen and oxygen atoms in total. The minimum atomic E-state index is -4.33. The van der Waals surface area contributed by atoms with Crippen molar-refractivity contribution in [2.75, 3.05) is 36.4 Å². The fourth-order valence-electron chi connectivity index (χ4n) is 4.95. The standard InChI is InChI=1S/C21H22F3N3/c22-21(23,24)19-4-2-1-3-14(19)10-26-16-7-13-5-6-27-12-15-9-25-11-18(15)17(8-16)20(13)27/h1-4,7-8,15,18,25-26H,5-6,9-12H2/t15-,18-/m0/s1. The Morgan fingerprint density at radius 2 is 2.00 bits per heavy atom. The maximum atomic E-state index is 13.2. The highest BCUT2D eigenvalue weighted by molar-refractivity contribution is 5.71. The molecule has 0 aromatic heterocycles. The molecule has 2 N–H and O–H groups in total. The van der Waals surface area contributed by atoms with Crippen LogP contribution in [0.3, 0.4) is 0 Å². The van der Waals surface area contributed by atoms with E-state index in [1.54, 1.807) is 12.1 Å². The van der Waals surface area contributed by atoms with Crippen LogP contribution in [0.5, 0.6) is 0 Å². The summed E-state index contributed by atoms with van der Waals surface area (Å²) >= 11 is 0. The highest BCUT2D eigenvalue weighted by Gasteiger charge is 2.40. The normalized spacial score (nSPS) is 23.3. The first-order chi connectivity index (χ1) is 13.0. The van der Waals surface area contributed by atoms with Gasteiger partial charge in [0, 0.05) is 50.0 Å². The van der Waals surface area contributed by atoms with E-state index in [1.807, 2.05) is 0 Å². The molecule has 2 aromatic rings. The fraction of sp³-hybridized carbons (Fsp3) is 0.429. The summed E-state index contributed by atoms with van der Waals surface area (Å²) in [7, 11) is 0. The summed E-state index contributed by atoms with van der Waals surface area (Å²) in [5, 5.41) is 6.76. The number of anilines is 2. The Kier molecular flexibility index (Phi) is 3.86. The first kappa shape index (κ1) is 16.9. The van der Waals surface area contributed by atoms with E-state index in [4.69, 9.17) is 0 Å². The Labute approximate surface area is 156 Å². The Balaban J connectivity index is 1.44. The maximum Gasteiger partial charge on any atom is 0.416 e. The molecule has 3 aliphatic heterocycles. The van der Waals surface area contributed by atoms with Crippen LogP contribution in [0.4, 0.5) is 24.5 Å². The van der Waals surface area contributed by atoms with Crippen molar-refractivity contribution in [3.05, 3.63) is 58.7 Å². The lowest BCUT2D eigenvalue weighted by molar-refractivity contribution is -0.138. The lowest BCUT2D eigenvalue weighted by Crippen LogP contribution is -2.35. The highest BCUT2D eigenvalue weighted by atomic mass is 19.4. The zero-order valence-electron chi connectivity index (χ0n) is 14.9. The van der Waals surface area contributed by atoms with E-state index in [-0.39, 0.29) is 12.1 Å². The molecule has 1 fully saturated rings. The van der Waals surface area contributed by atoms with E-state index >= 15 is 0 Å². The monoisotopic (exact) mass is 373 g/mol. The second-order valence-corrected chi connectivity index (χ2v) is 7.80. The van der Waals surface area contributed by atoms with E-state index in [9.17, 15) is 13.2 Å². The van der Waals surface area contributed by atoms with Gasteiger partial charge in [0.25, 0.3) is 0 Å². The van der Waals surface area contributed by atoms with Gasteiger partial charge in [-0.05, 0) is 47.2 Å². The van der Waals surface area contributed by atoms with Gasteiger partial charge in [-0.1, -0.05) is 18.2 Å². The number of nitrogens with zero attached hydrogens (tertiary/aromatic N) is 1. The summed E-state index contributed by atoms with van der Waals surface area (Å²) in [5.74, 6) is 1.14. The predicted molar refractivity (Wildman–Crippen MR) is 100 cm³/mol. The largest absolute Gasteiger partial charge is 0.416 e. The summed E-state index contributed by atoms with van der Waals surface area (Å²) in [6.07, 6.45) is -3.31. The highest BCUT2D eigenvalue weighted by Crippen LogP contribution is 2.46. The number of hydrogen-bond donors (Lipinski definition) is 2. The lowest BCUT2D eigenvalue weighted by atomic mass is 9.83. The average Bonchev–Trinajstić information content (AvgIpc) is 3.28. The molecule has 0 aliphatic carbocycles. The zero-order valence-corrected chi connectivity index (χ0v) is 14.9. The summed E-state index contributed by atoms with van der Waals surface area (Å²) < 4.78 is 39.7. The first-order valence-corrected chi connectivity index (χ1v) is 9.52. The maximum absolute atomic E-state index is 13.2. The fourth-order valence-corrected chi connectivity index (χ4v) is 4.95. The van der Waals surface area contributed by atoms with Gasteiger partial charge in [0.2, 0.25) is 0 Å². The van der Waals surface area contributed by atoms with E-state index in [0.29, 0.717) is 11.8 Å². The summed E-state index contributed by atoms with van der Waals surface area (Å²) in [5.41, 5.74) is 4.70. The third-order valence-corrected chi connectivity index (χ3v) is 6.19. The number of halogens is 3. The Hall–Kier alpha value is -2.21. The van der Waals surface area contributed by atoms with Crippen LogP contribution >= 0.6 is 0 Å². The molecule has 0 radical (unpaired) electrons. The summed E-state index contributed by atoms with van der Waals surface area (Å²) in [6.45, 7) is 4.37. The van der Waals surface area contributed by atoms with Gasteiger partial charge in [0.05, 0.1) is 5.56 Å². The van der Waals surface area contributed by atoms with E-state index in [1.165, 1.54) is 22.9 Å². The summed E-state index contributed by atoms with van der Waals surface area (Å²) in [6, 6.07) is 10.1. The molecule has 0 unspecified atom stereocenters. The number of benzene rings is 2. The zero-order chi connectivity index (χ0) is 18.6. The van der Waals surface area contributed by atoms with Crippen LogP contribution in [0.15, 0.2) is 36.4 Å². The number of hydrogen-bond acceptors (Lipinski definition) is 3. The minimum Gasteiger partial charge on any atom is -0.381 e. The number of alkyl halides is 3. The number of nitrogens with one attached hydrogen (secondary N) is 2. The van der Waals surface area contributed by atoms with Crippen molar-refractivity contribution in [1.29, 1.82) is 0 Å². The van der Waals surface area contributed by atoms with Gasteiger partial charge in [0.1, 0.15) is 0 Å². The first-order valence-electron chi connectivity index (χ1n) is 9.52. The quantitative estimate of drug-likeness (QED) is 0.852. The molecule has 0 bridgehead atoms. The van der Waals surface area contributed by atoms with Crippen molar-refractivity contribution in [2.24, 2.45) is 5.92 Å². The van der Waals surface area contributed by atoms with Crippen LogP contribution in [0, 0.1) is 5.92 Å². The van der Waals surface area contributed by atoms with Crippen LogP contribution in [-0.2, 0) is 19.1 Å². The lowest BCUT2D eigenvalue weighted by Gasteiger charge is -2.35. The number of rotatable bonds is 3. The predicted octanol–water partition coefficient (Wildman–Crippen LogP) is 4.00. The molecular weight excluding hydrogens is 351 g/mol. The molecule has 2 aromatic carbocycles. The number of fused-ring (bicyclic) bond motifs is 2. The smallest absolute Gasteiger partial charge is 0.381 e. The molecule has 5 rings (SSSR count). The topological polar surface area (TPSA) is 27.3 Å². The third kappa shape index (κ3) is 2.87. The summed E-state index contributed by atoms with van der Waals surface area (Å²) in [4.78, 5) is 2.49. The second-order valence-electron chi connectivity index (χ2n) is 7.80. The van der Waals surface area contributed by atoms with Crippen molar-refractivity contribution in [1.82, 2.24) is 5.32 Å². The Morgan fingerprint density at radius 1 is 1.15 bits per heavy atom. The molecular formula is C21H22F3N3. The van der Waals surface area contributed by atoms with Crippen molar-refractivity contribution >= 4 is 11.4 Å².